The van der Waals surface area contributed by atoms with Gasteiger partial charge in [-0.25, -0.2) is 9.59 Å². The summed E-state index contributed by atoms with van der Waals surface area (Å²) in [6, 6.07) is 9.36. The average Bonchev–Trinajstić information content (AvgIpc) is 3.76. The zero-order chi connectivity index (χ0) is 36.2. The molecule has 1 aromatic carbocycles. The summed E-state index contributed by atoms with van der Waals surface area (Å²) in [5.41, 5.74) is -0.732. The van der Waals surface area contributed by atoms with E-state index in [1.165, 1.54) is 6.92 Å². The van der Waals surface area contributed by atoms with Crippen LogP contribution in [0.2, 0.25) is 0 Å². The number of allylic oxidation sites excluding steroid dienone is 2. The second-order valence-electron chi connectivity index (χ2n) is 16.2. The Hall–Kier alpha value is -4.31. The molecule has 0 amide bonds. The van der Waals surface area contributed by atoms with Gasteiger partial charge in [-0.15, -0.1) is 0 Å². The van der Waals surface area contributed by atoms with E-state index >= 15 is 0 Å². The predicted octanol–water partition coefficient (Wildman–Crippen LogP) is 5.30. The third-order valence-corrected chi connectivity index (χ3v) is 13.7. The van der Waals surface area contributed by atoms with E-state index in [1.807, 2.05) is 64.1 Å². The minimum absolute atomic E-state index is 0.0866. The van der Waals surface area contributed by atoms with Gasteiger partial charge in [0.2, 0.25) is 0 Å². The lowest BCUT2D eigenvalue weighted by Gasteiger charge is -2.47. The summed E-state index contributed by atoms with van der Waals surface area (Å²) in [4.78, 5) is 67.5. The van der Waals surface area contributed by atoms with Crippen LogP contribution in [-0.2, 0) is 54.3 Å². The van der Waals surface area contributed by atoms with Crippen LogP contribution >= 0.6 is 0 Å². The molecule has 51 heavy (non-hydrogen) atoms. The van der Waals surface area contributed by atoms with E-state index in [0.29, 0.717) is 30.4 Å². The zero-order valence-corrected chi connectivity index (χ0v) is 29.7. The summed E-state index contributed by atoms with van der Waals surface area (Å²) >= 11 is 0. The van der Waals surface area contributed by atoms with Gasteiger partial charge in [-0.2, -0.15) is 0 Å². The molecule has 2 saturated carbocycles. The van der Waals surface area contributed by atoms with Gasteiger partial charge in [0, 0.05) is 52.6 Å². The van der Waals surface area contributed by atoms with Crippen LogP contribution in [0.3, 0.4) is 0 Å². The van der Waals surface area contributed by atoms with Crippen molar-refractivity contribution in [2.45, 2.75) is 90.8 Å². The zero-order valence-electron chi connectivity index (χ0n) is 29.7. The SMILES string of the molecule is C=C1C(=O)OC2C1CC[C@](C)(OC(C)=O)C13C=C[C@](C)(C21)C1(C3)C(=O)OC2C3C(C)=CC(=O)C3=C(C)C[C@H](OCC(=O)OCc3ccccc3)C21. The third kappa shape index (κ3) is 4.47. The van der Waals surface area contributed by atoms with Gasteiger partial charge >= 0.3 is 23.9 Å². The van der Waals surface area contributed by atoms with E-state index in [1.54, 1.807) is 6.08 Å². The lowest BCUT2D eigenvalue weighted by molar-refractivity contribution is -0.175. The predicted molar refractivity (Wildman–Crippen MR) is 181 cm³/mol. The van der Waals surface area contributed by atoms with E-state index in [-0.39, 0.29) is 31.3 Å². The van der Waals surface area contributed by atoms with Gasteiger partial charge in [-0.1, -0.05) is 67.1 Å². The number of hydrogen-bond donors (Lipinski definition) is 0. The average molecular weight is 697 g/mol. The maximum Gasteiger partial charge on any atom is 0.334 e. The van der Waals surface area contributed by atoms with Gasteiger partial charge in [-0.3, -0.25) is 14.4 Å². The van der Waals surface area contributed by atoms with Crippen LogP contribution in [-0.4, -0.2) is 60.2 Å². The fourth-order valence-corrected chi connectivity index (χ4v) is 11.6. The van der Waals surface area contributed by atoms with Crippen molar-refractivity contribution >= 4 is 29.7 Å². The van der Waals surface area contributed by atoms with Crippen LogP contribution in [0.5, 0.6) is 0 Å². The lowest BCUT2D eigenvalue weighted by Crippen LogP contribution is -2.53. The smallest absolute Gasteiger partial charge is 0.334 e. The van der Waals surface area contributed by atoms with Gasteiger partial charge < -0.3 is 23.7 Å². The molecule has 4 fully saturated rings. The molecule has 10 heteroatoms. The maximum atomic E-state index is 15.0. The third-order valence-electron chi connectivity index (χ3n) is 13.7. The Labute approximate surface area is 297 Å². The van der Waals surface area contributed by atoms with E-state index in [0.717, 1.165) is 16.7 Å². The van der Waals surface area contributed by atoms with Crippen molar-refractivity contribution in [2.24, 2.45) is 39.9 Å². The van der Waals surface area contributed by atoms with E-state index < -0.39 is 81.8 Å². The van der Waals surface area contributed by atoms with Crippen LogP contribution in [0.1, 0.15) is 65.9 Å². The minimum atomic E-state index is -1.25. The molecule has 2 bridgehead atoms. The molecule has 11 atom stereocenters. The standard InChI is InChI=1S/C41H44O10/c1-21-16-27(43)30-22(2)17-28(47-19-29(44)48-18-25-10-8-7-9-11-25)32-34(31(21)30)50-37(46)41(32)20-40-15-14-38(41,5)35(40)33-26(23(3)36(45)49-33)12-13-39(40,6)51-24(4)42/h7-11,14-16,26,28,31-35H,3,12-13,17-20H2,1-2,4-6H3/t26?,28-,31?,32?,33?,34?,35?,38+,39-,40?,41?/m0/s1. The maximum absolute atomic E-state index is 15.0. The summed E-state index contributed by atoms with van der Waals surface area (Å²) in [7, 11) is 0. The first-order chi connectivity index (χ1) is 24.2. The molecule has 268 valence electrons. The van der Waals surface area contributed by atoms with Gasteiger partial charge in [-0.05, 0) is 58.1 Å². The molecule has 10 nitrogen and oxygen atoms in total. The molecule has 5 aliphatic carbocycles. The van der Waals surface area contributed by atoms with Gasteiger partial charge in [0.25, 0.3) is 0 Å². The number of hydrogen-bond acceptors (Lipinski definition) is 10. The quantitative estimate of drug-likeness (QED) is 0.167. The number of carbonyl (C=O) groups is 5. The molecule has 8 unspecified atom stereocenters. The first-order valence-corrected chi connectivity index (χ1v) is 17.9. The highest BCUT2D eigenvalue weighted by molar-refractivity contribution is 6.09. The van der Waals surface area contributed by atoms with Crippen molar-refractivity contribution in [3.63, 3.8) is 0 Å². The molecular weight excluding hydrogens is 652 g/mol. The minimum Gasteiger partial charge on any atom is -0.460 e. The second-order valence-corrected chi connectivity index (χ2v) is 16.2. The Balaban J connectivity index is 1.24. The molecule has 2 saturated heterocycles. The molecule has 1 aromatic rings. The summed E-state index contributed by atoms with van der Waals surface area (Å²) in [5, 5.41) is 0. The highest BCUT2D eigenvalue weighted by Gasteiger charge is 2.85. The fraction of sp³-hybridized carbons (Fsp3) is 0.537. The first kappa shape index (κ1) is 33.8. The summed E-state index contributed by atoms with van der Waals surface area (Å²) in [6.45, 7) is 13.0. The van der Waals surface area contributed by atoms with Crippen molar-refractivity contribution in [1.29, 1.82) is 0 Å². The van der Waals surface area contributed by atoms with Crippen LogP contribution in [0, 0.1) is 39.9 Å². The Bertz CT molecular complexity index is 1870. The Kier molecular flexibility index (Phi) is 7.52. The van der Waals surface area contributed by atoms with Gasteiger partial charge in [0.15, 0.2) is 5.78 Å². The molecule has 2 aliphatic heterocycles. The van der Waals surface area contributed by atoms with Crippen LogP contribution in [0.4, 0.5) is 0 Å². The van der Waals surface area contributed by atoms with Crippen LogP contribution in [0.25, 0.3) is 0 Å². The molecule has 0 aromatic heterocycles. The molecule has 7 aliphatic rings. The van der Waals surface area contributed by atoms with Crippen molar-refractivity contribution < 1.29 is 47.7 Å². The Morgan fingerprint density at radius 2 is 1.76 bits per heavy atom. The van der Waals surface area contributed by atoms with Crippen molar-refractivity contribution in [2.75, 3.05) is 6.61 Å². The van der Waals surface area contributed by atoms with Crippen molar-refractivity contribution in [3.05, 3.63) is 83.0 Å². The van der Waals surface area contributed by atoms with Crippen molar-refractivity contribution in [1.82, 2.24) is 0 Å². The number of ether oxygens (including phenoxy) is 5. The van der Waals surface area contributed by atoms with Crippen LogP contribution in [0.15, 0.2) is 77.4 Å². The number of carbonyl (C=O) groups excluding carboxylic acids is 5. The number of esters is 4. The summed E-state index contributed by atoms with van der Waals surface area (Å²) in [5.74, 6) is -3.88. The van der Waals surface area contributed by atoms with Crippen LogP contribution < -0.4 is 0 Å². The van der Waals surface area contributed by atoms with Crippen molar-refractivity contribution in [3.8, 4) is 0 Å². The normalized spacial score (nSPS) is 41.7. The molecular formula is C41H44O10. The molecule has 8 rings (SSSR count). The fourth-order valence-electron chi connectivity index (χ4n) is 11.6. The number of benzene rings is 1. The molecule has 0 radical (unpaired) electrons. The monoisotopic (exact) mass is 696 g/mol. The number of rotatable bonds is 6. The van der Waals surface area contributed by atoms with Gasteiger partial charge in [0.05, 0.1) is 11.5 Å². The number of fused-ring (bicyclic) bond motifs is 6. The Morgan fingerprint density at radius 1 is 1.02 bits per heavy atom. The lowest BCUT2D eigenvalue weighted by atomic mass is 9.54. The Morgan fingerprint density at radius 3 is 2.49 bits per heavy atom. The molecule has 1 spiro atoms. The number of ketones is 1. The first-order valence-electron chi connectivity index (χ1n) is 17.9. The van der Waals surface area contributed by atoms with E-state index in [9.17, 15) is 24.0 Å². The largest absolute Gasteiger partial charge is 0.460 e. The van der Waals surface area contributed by atoms with E-state index in [4.69, 9.17) is 23.7 Å². The van der Waals surface area contributed by atoms with E-state index in [2.05, 4.69) is 12.7 Å². The highest BCUT2D eigenvalue weighted by atomic mass is 16.6. The highest BCUT2D eigenvalue weighted by Crippen LogP contribution is 2.80. The molecule has 2 heterocycles. The van der Waals surface area contributed by atoms with Gasteiger partial charge in [0.1, 0.15) is 31.0 Å². The summed E-state index contributed by atoms with van der Waals surface area (Å²) in [6.07, 6.45) is 5.14. The topological polar surface area (TPSA) is 132 Å². The second kappa shape index (κ2) is 11.3. The molecule has 0 N–H and O–H groups in total. The summed E-state index contributed by atoms with van der Waals surface area (Å²) < 4.78 is 31.1.